The van der Waals surface area contributed by atoms with Crippen LogP contribution in [0.2, 0.25) is 0 Å². The molecule has 0 radical (unpaired) electrons. The maximum atomic E-state index is 3.75. The third-order valence-corrected chi connectivity index (χ3v) is 1.15. The lowest BCUT2D eigenvalue weighted by atomic mass is 10.0. The van der Waals surface area contributed by atoms with E-state index in [0.717, 1.165) is 16.7 Å². The van der Waals surface area contributed by atoms with Gasteiger partial charge in [0.1, 0.15) is 0 Å². The van der Waals surface area contributed by atoms with Gasteiger partial charge in [0, 0.05) is 0 Å². The summed E-state index contributed by atoms with van der Waals surface area (Å²) in [6.45, 7) is 16.6. The average molecular weight is 120 g/mol. The van der Waals surface area contributed by atoms with Gasteiger partial charge < -0.3 is 0 Å². The Morgan fingerprint density at radius 1 is 1.22 bits per heavy atom. The van der Waals surface area contributed by atoms with E-state index in [1.807, 2.05) is 6.92 Å². The summed E-state index contributed by atoms with van der Waals surface area (Å²) >= 11 is 0. The fourth-order valence-corrected chi connectivity index (χ4v) is 0.397. The Labute approximate surface area is 56.9 Å². The number of rotatable bonds is 3. The molecule has 0 aliphatic carbocycles. The van der Waals surface area contributed by atoms with E-state index >= 15 is 0 Å². The monoisotopic (exact) mass is 120 g/mol. The Bertz CT molecular complexity index is 170. The molecule has 0 atom stereocenters. The van der Waals surface area contributed by atoms with Crippen LogP contribution in [0, 0.1) is 0 Å². The van der Waals surface area contributed by atoms with E-state index in [1.54, 1.807) is 6.08 Å². The molecule has 9 heavy (non-hydrogen) atoms. The summed E-state index contributed by atoms with van der Waals surface area (Å²) in [4.78, 5) is 0. The first kappa shape index (κ1) is 7.96. The lowest BCUT2D eigenvalue weighted by molar-refractivity contribution is 1.43. The Morgan fingerprint density at radius 3 is 1.78 bits per heavy atom. The largest absolute Gasteiger partial charge is 0.0985 e. The van der Waals surface area contributed by atoms with Crippen molar-refractivity contribution in [3.05, 3.63) is 49.1 Å². The summed E-state index contributed by atoms with van der Waals surface area (Å²) in [7, 11) is 0. The fourth-order valence-electron chi connectivity index (χ4n) is 0.397. The van der Waals surface area contributed by atoms with Crippen LogP contribution in [0.5, 0.6) is 0 Å². The highest BCUT2D eigenvalue weighted by Gasteiger charge is 1.93. The summed E-state index contributed by atoms with van der Waals surface area (Å²) in [5.41, 5.74) is 2.67. The lowest BCUT2D eigenvalue weighted by Crippen LogP contribution is -1.81. The van der Waals surface area contributed by atoms with Gasteiger partial charge in [-0.25, -0.2) is 0 Å². The molecule has 0 saturated carbocycles. The number of hydrogen-bond acceptors (Lipinski definition) is 0. The van der Waals surface area contributed by atoms with E-state index in [2.05, 4.69) is 26.3 Å². The van der Waals surface area contributed by atoms with Gasteiger partial charge in [-0.15, -0.1) is 0 Å². The van der Waals surface area contributed by atoms with E-state index < -0.39 is 0 Å². The van der Waals surface area contributed by atoms with Crippen LogP contribution in [-0.4, -0.2) is 0 Å². The van der Waals surface area contributed by atoms with Gasteiger partial charge in [0.05, 0.1) is 0 Å². The third-order valence-electron chi connectivity index (χ3n) is 1.15. The van der Waals surface area contributed by atoms with Crippen molar-refractivity contribution in [3.8, 4) is 0 Å². The minimum Gasteiger partial charge on any atom is -0.0985 e. The van der Waals surface area contributed by atoms with Crippen molar-refractivity contribution < 1.29 is 0 Å². The molecule has 0 aromatic carbocycles. The molecule has 0 spiro atoms. The Kier molecular flexibility index (Phi) is 2.72. The fraction of sp³-hybridized carbons (Fsp3) is 0.111. The Hall–Kier alpha value is -1.04. The molecule has 0 heterocycles. The van der Waals surface area contributed by atoms with Crippen molar-refractivity contribution in [1.29, 1.82) is 0 Å². The molecular weight excluding hydrogens is 108 g/mol. The van der Waals surface area contributed by atoms with E-state index in [1.165, 1.54) is 0 Å². The zero-order chi connectivity index (χ0) is 7.44. The first-order valence-corrected chi connectivity index (χ1v) is 2.76. The lowest BCUT2D eigenvalue weighted by Gasteiger charge is -2.01. The Morgan fingerprint density at radius 2 is 1.67 bits per heavy atom. The quantitative estimate of drug-likeness (QED) is 0.502. The number of allylic oxidation sites excluding steroid dienone is 4. The van der Waals surface area contributed by atoms with Gasteiger partial charge in [-0.05, 0) is 18.1 Å². The van der Waals surface area contributed by atoms with Crippen LogP contribution in [0.25, 0.3) is 0 Å². The SMILES string of the molecule is C=CC(=C)C(=C)C(=C)C. The molecule has 0 aliphatic heterocycles. The maximum absolute atomic E-state index is 3.75. The molecule has 0 nitrogen and oxygen atoms in total. The van der Waals surface area contributed by atoms with Crippen LogP contribution in [-0.2, 0) is 0 Å². The van der Waals surface area contributed by atoms with E-state index in [4.69, 9.17) is 0 Å². The minimum absolute atomic E-state index is 0.850. The zero-order valence-electron chi connectivity index (χ0n) is 5.91. The zero-order valence-corrected chi connectivity index (χ0v) is 5.91. The number of hydrogen-bond donors (Lipinski definition) is 0. The maximum Gasteiger partial charge on any atom is -0.0239 e. The summed E-state index contributed by atoms with van der Waals surface area (Å²) < 4.78 is 0. The van der Waals surface area contributed by atoms with Gasteiger partial charge in [-0.3, -0.25) is 0 Å². The molecule has 0 amide bonds. The van der Waals surface area contributed by atoms with Crippen molar-refractivity contribution in [2.24, 2.45) is 0 Å². The van der Waals surface area contributed by atoms with Crippen LogP contribution in [0.4, 0.5) is 0 Å². The van der Waals surface area contributed by atoms with Crippen LogP contribution in [0.15, 0.2) is 49.1 Å². The van der Waals surface area contributed by atoms with Crippen molar-refractivity contribution >= 4 is 0 Å². The predicted octanol–water partition coefficient (Wildman–Crippen LogP) is 2.86. The highest BCUT2D eigenvalue weighted by atomic mass is 14.0. The summed E-state index contributed by atoms with van der Waals surface area (Å²) in [5.74, 6) is 0. The first-order chi connectivity index (χ1) is 4.09. The molecule has 0 aromatic rings. The summed E-state index contributed by atoms with van der Waals surface area (Å²) in [6, 6.07) is 0. The van der Waals surface area contributed by atoms with Gasteiger partial charge in [0.25, 0.3) is 0 Å². The summed E-state index contributed by atoms with van der Waals surface area (Å²) in [6.07, 6.45) is 1.68. The molecular formula is C9H12. The molecule has 0 fully saturated rings. The molecule has 48 valence electrons. The minimum atomic E-state index is 0.850. The van der Waals surface area contributed by atoms with Crippen LogP contribution >= 0.6 is 0 Å². The second-order valence-corrected chi connectivity index (χ2v) is 1.99. The standard InChI is InChI=1S/C9H12/c1-6-8(4)9(5)7(2)3/h6H,1-2,4-5H2,3H3. The first-order valence-electron chi connectivity index (χ1n) is 2.76. The van der Waals surface area contributed by atoms with Gasteiger partial charge in [-0.2, -0.15) is 0 Å². The molecule has 0 N–H and O–H groups in total. The van der Waals surface area contributed by atoms with E-state index in [-0.39, 0.29) is 0 Å². The molecule has 0 aliphatic rings. The average Bonchev–Trinajstić information content (AvgIpc) is 1.84. The smallest absolute Gasteiger partial charge is 0.0239 e. The molecule has 0 saturated heterocycles. The summed E-state index contributed by atoms with van der Waals surface area (Å²) in [5, 5.41) is 0. The Balaban J connectivity index is 4.22. The molecule has 0 aromatic heterocycles. The molecule has 0 rings (SSSR count). The highest BCUT2D eigenvalue weighted by molar-refractivity contribution is 5.45. The predicted molar refractivity (Wildman–Crippen MR) is 43.3 cm³/mol. The van der Waals surface area contributed by atoms with E-state index in [0.29, 0.717) is 0 Å². The second kappa shape index (κ2) is 3.08. The topological polar surface area (TPSA) is 0 Å². The van der Waals surface area contributed by atoms with Crippen LogP contribution in [0.1, 0.15) is 6.92 Å². The van der Waals surface area contributed by atoms with Gasteiger partial charge in [0.2, 0.25) is 0 Å². The highest BCUT2D eigenvalue weighted by Crippen LogP contribution is 2.13. The van der Waals surface area contributed by atoms with Crippen molar-refractivity contribution in [3.63, 3.8) is 0 Å². The van der Waals surface area contributed by atoms with Crippen molar-refractivity contribution in [1.82, 2.24) is 0 Å². The second-order valence-electron chi connectivity index (χ2n) is 1.99. The molecule has 0 heteroatoms. The normalized spacial score (nSPS) is 8.11. The van der Waals surface area contributed by atoms with Crippen LogP contribution < -0.4 is 0 Å². The van der Waals surface area contributed by atoms with Gasteiger partial charge in [0.15, 0.2) is 0 Å². The van der Waals surface area contributed by atoms with Crippen molar-refractivity contribution in [2.45, 2.75) is 6.92 Å². The third kappa shape index (κ3) is 2.13. The molecule has 0 unspecified atom stereocenters. The van der Waals surface area contributed by atoms with Crippen LogP contribution in [0.3, 0.4) is 0 Å². The molecule has 0 bridgehead atoms. The van der Waals surface area contributed by atoms with Gasteiger partial charge >= 0.3 is 0 Å². The van der Waals surface area contributed by atoms with Gasteiger partial charge in [-0.1, -0.05) is 38.0 Å². The van der Waals surface area contributed by atoms with Crippen molar-refractivity contribution in [2.75, 3.05) is 0 Å². The van der Waals surface area contributed by atoms with E-state index in [9.17, 15) is 0 Å².